The molecule has 1 aliphatic carbocycles. The van der Waals surface area contributed by atoms with Crippen molar-refractivity contribution in [3.63, 3.8) is 0 Å². The summed E-state index contributed by atoms with van der Waals surface area (Å²) >= 11 is 0. The lowest BCUT2D eigenvalue weighted by molar-refractivity contribution is -0.0655. The molecule has 1 saturated heterocycles. The third kappa shape index (κ3) is 4.47. The van der Waals surface area contributed by atoms with Gasteiger partial charge < -0.3 is 4.90 Å². The molecule has 2 aromatic rings. The second kappa shape index (κ2) is 8.48. The van der Waals surface area contributed by atoms with Crippen LogP contribution in [-0.4, -0.2) is 70.3 Å². The number of nitrogens with one attached hydrogen (secondary N) is 1. The number of nitrogens with zero attached hydrogens (tertiary/aromatic N) is 5. The Morgan fingerprint density at radius 1 is 1.23 bits per heavy atom. The second-order valence-corrected chi connectivity index (χ2v) is 9.27. The Morgan fingerprint density at radius 2 is 2.06 bits per heavy atom. The van der Waals surface area contributed by atoms with E-state index >= 15 is 0 Å². The predicted molar refractivity (Wildman–Crippen MR) is 118 cm³/mol. The molecule has 31 heavy (non-hydrogen) atoms. The highest BCUT2D eigenvalue weighted by Gasteiger charge is 2.39. The topological polar surface area (TPSA) is 39.1 Å². The highest BCUT2D eigenvalue weighted by atomic mass is 19.3. The van der Waals surface area contributed by atoms with Crippen LogP contribution in [0.1, 0.15) is 38.2 Å². The van der Waals surface area contributed by atoms with Gasteiger partial charge in [-0.05, 0) is 37.5 Å². The largest absolute Gasteiger partial charge is 0.332 e. The quantitative estimate of drug-likeness (QED) is 0.806. The second-order valence-electron chi connectivity index (χ2n) is 9.27. The molecule has 1 N–H and O–H groups in total. The first-order chi connectivity index (χ1) is 15.0. The molecular weight excluding hydrogens is 398 g/mol. The number of fused-ring (bicyclic) bond motifs is 1. The van der Waals surface area contributed by atoms with Crippen molar-refractivity contribution >= 4 is 11.2 Å². The minimum absolute atomic E-state index is 0.0417. The van der Waals surface area contributed by atoms with Crippen LogP contribution in [0.15, 0.2) is 36.8 Å². The van der Waals surface area contributed by atoms with Crippen LogP contribution in [-0.2, 0) is 6.54 Å². The molecule has 1 saturated carbocycles. The van der Waals surface area contributed by atoms with E-state index in [2.05, 4.69) is 56.4 Å². The summed E-state index contributed by atoms with van der Waals surface area (Å²) in [6.07, 6.45) is 9.52. The number of hydrogen-bond acceptors (Lipinski definition) is 5. The molecule has 6 nitrogen and oxygen atoms in total. The summed E-state index contributed by atoms with van der Waals surface area (Å²) in [5, 5.41) is 7.86. The van der Waals surface area contributed by atoms with E-state index in [9.17, 15) is 8.78 Å². The molecule has 1 unspecified atom stereocenters. The predicted octanol–water partition coefficient (Wildman–Crippen LogP) is 3.30. The van der Waals surface area contributed by atoms with Gasteiger partial charge in [0.2, 0.25) is 5.92 Å². The fourth-order valence-electron chi connectivity index (χ4n) is 5.35. The van der Waals surface area contributed by atoms with Gasteiger partial charge in [0.05, 0.1) is 24.1 Å². The van der Waals surface area contributed by atoms with Gasteiger partial charge >= 0.3 is 0 Å². The average molecular weight is 431 g/mol. The molecule has 2 fully saturated rings. The van der Waals surface area contributed by atoms with Crippen molar-refractivity contribution < 1.29 is 8.78 Å². The van der Waals surface area contributed by atoms with Crippen LogP contribution in [0.4, 0.5) is 14.5 Å². The van der Waals surface area contributed by atoms with E-state index < -0.39 is 5.92 Å². The normalized spacial score (nSPS) is 26.0. The van der Waals surface area contributed by atoms with Crippen molar-refractivity contribution in [1.82, 2.24) is 24.7 Å². The van der Waals surface area contributed by atoms with Crippen molar-refractivity contribution in [1.29, 1.82) is 0 Å². The molecule has 3 aliphatic rings. The Kier molecular flexibility index (Phi) is 5.71. The highest BCUT2D eigenvalue weighted by Crippen LogP contribution is 2.36. The fourth-order valence-corrected chi connectivity index (χ4v) is 5.35. The summed E-state index contributed by atoms with van der Waals surface area (Å²) in [5.74, 6) is -2.45. The number of halogens is 2. The zero-order chi connectivity index (χ0) is 21.4. The van der Waals surface area contributed by atoms with Crippen LogP contribution in [0.2, 0.25) is 0 Å². The lowest BCUT2D eigenvalue weighted by Gasteiger charge is -2.46. The van der Waals surface area contributed by atoms with E-state index in [0.29, 0.717) is 24.9 Å². The van der Waals surface area contributed by atoms with Crippen molar-refractivity contribution in [3.05, 3.63) is 42.4 Å². The van der Waals surface area contributed by atoms with Gasteiger partial charge in [0, 0.05) is 70.0 Å². The first-order valence-corrected chi connectivity index (χ1v) is 11.4. The Morgan fingerprint density at radius 3 is 2.81 bits per heavy atom. The van der Waals surface area contributed by atoms with Crippen LogP contribution in [0.25, 0.3) is 5.52 Å². The van der Waals surface area contributed by atoms with Crippen molar-refractivity contribution in [3.8, 4) is 0 Å². The minimum Gasteiger partial charge on any atom is -0.332 e. The zero-order valence-electron chi connectivity index (χ0n) is 18.2. The zero-order valence-corrected chi connectivity index (χ0v) is 18.2. The number of pyridine rings is 1. The maximum Gasteiger partial charge on any atom is 0.248 e. The fraction of sp³-hybridized carbons (Fsp3) is 0.609. The Labute approximate surface area is 182 Å². The summed E-state index contributed by atoms with van der Waals surface area (Å²) < 4.78 is 29.0. The summed E-state index contributed by atoms with van der Waals surface area (Å²) in [6, 6.07) is 5.09. The average Bonchev–Trinajstić information content (AvgIpc) is 3.18. The van der Waals surface area contributed by atoms with E-state index in [-0.39, 0.29) is 12.8 Å². The van der Waals surface area contributed by atoms with E-state index in [1.165, 1.54) is 5.56 Å². The number of alkyl halides is 2. The maximum atomic E-state index is 13.5. The SMILES string of the molecule is CC1CN(Cc2ccn3ncc(N4C=CCNC4)c3c2)CCN1C1CCC(F)(F)CC1. The number of piperazine rings is 1. The van der Waals surface area contributed by atoms with Crippen molar-refractivity contribution in [2.45, 2.75) is 57.2 Å². The van der Waals surface area contributed by atoms with Gasteiger partial charge in [-0.2, -0.15) is 5.10 Å². The molecule has 0 aromatic carbocycles. The molecule has 168 valence electrons. The number of hydrogen-bond donors (Lipinski definition) is 1. The maximum absolute atomic E-state index is 13.5. The van der Waals surface area contributed by atoms with E-state index in [0.717, 1.165) is 50.6 Å². The van der Waals surface area contributed by atoms with E-state index in [4.69, 9.17) is 0 Å². The van der Waals surface area contributed by atoms with Crippen molar-refractivity contribution in [2.24, 2.45) is 0 Å². The van der Waals surface area contributed by atoms with Crippen LogP contribution < -0.4 is 10.2 Å². The molecular formula is C23H32F2N6. The van der Waals surface area contributed by atoms with Gasteiger partial charge in [0.15, 0.2) is 0 Å². The standard InChI is InChI=1S/C23H32F2N6/c1-18-15-28(11-12-30(18)20-3-6-23(24,25)7-4-20)16-19-5-10-31-21(13-19)22(14-27-31)29-9-2-8-26-17-29/h2,5,9-10,13-14,18,20,26H,3-4,6-8,11-12,15-17H2,1H3. The monoisotopic (exact) mass is 430 g/mol. The Balaban J connectivity index is 1.23. The third-order valence-electron chi connectivity index (χ3n) is 7.03. The molecule has 4 heterocycles. The Hall–Kier alpha value is -2.03. The molecule has 0 radical (unpaired) electrons. The van der Waals surface area contributed by atoms with E-state index in [1.807, 2.05) is 16.9 Å². The van der Waals surface area contributed by atoms with Crippen LogP contribution in [0.3, 0.4) is 0 Å². The van der Waals surface area contributed by atoms with Crippen LogP contribution in [0, 0.1) is 0 Å². The number of anilines is 1. The van der Waals surface area contributed by atoms with Gasteiger partial charge in [0.25, 0.3) is 0 Å². The number of rotatable bonds is 4. The summed E-state index contributed by atoms with van der Waals surface area (Å²) in [4.78, 5) is 7.15. The molecule has 2 aliphatic heterocycles. The smallest absolute Gasteiger partial charge is 0.248 e. The van der Waals surface area contributed by atoms with Crippen LogP contribution >= 0.6 is 0 Å². The first-order valence-electron chi connectivity index (χ1n) is 11.4. The number of aromatic nitrogens is 2. The molecule has 0 amide bonds. The third-order valence-corrected chi connectivity index (χ3v) is 7.03. The summed E-state index contributed by atoms with van der Waals surface area (Å²) in [7, 11) is 0. The van der Waals surface area contributed by atoms with Gasteiger partial charge in [-0.25, -0.2) is 13.3 Å². The highest BCUT2D eigenvalue weighted by molar-refractivity contribution is 5.74. The van der Waals surface area contributed by atoms with Gasteiger partial charge in [-0.3, -0.25) is 15.1 Å². The van der Waals surface area contributed by atoms with Crippen LogP contribution in [0.5, 0.6) is 0 Å². The molecule has 1 atom stereocenters. The lowest BCUT2D eigenvalue weighted by Crippen LogP contribution is -2.56. The summed E-state index contributed by atoms with van der Waals surface area (Å²) in [5.41, 5.74) is 3.50. The molecule has 5 rings (SSSR count). The van der Waals surface area contributed by atoms with Crippen molar-refractivity contribution in [2.75, 3.05) is 37.7 Å². The van der Waals surface area contributed by atoms with Gasteiger partial charge in [-0.15, -0.1) is 0 Å². The first kappa shape index (κ1) is 20.8. The molecule has 0 bridgehead atoms. The van der Waals surface area contributed by atoms with Gasteiger partial charge in [-0.1, -0.05) is 6.08 Å². The minimum atomic E-state index is -2.45. The molecule has 2 aromatic heterocycles. The Bertz CT molecular complexity index is 931. The summed E-state index contributed by atoms with van der Waals surface area (Å²) in [6.45, 7) is 7.74. The molecule has 0 spiro atoms. The van der Waals surface area contributed by atoms with Gasteiger partial charge in [0.1, 0.15) is 0 Å². The lowest BCUT2D eigenvalue weighted by atomic mass is 9.90. The molecule has 8 heteroatoms. The van der Waals surface area contributed by atoms with E-state index in [1.54, 1.807) is 0 Å².